The maximum Gasteiger partial charge on any atom is 0.239 e. The van der Waals surface area contributed by atoms with Gasteiger partial charge in [-0.3, -0.25) is 4.79 Å². The first kappa shape index (κ1) is 19.9. The molecule has 1 fully saturated rings. The molecule has 0 spiro atoms. The summed E-state index contributed by atoms with van der Waals surface area (Å²) in [5.41, 5.74) is 3.25. The molecule has 1 unspecified atom stereocenters. The van der Waals surface area contributed by atoms with Gasteiger partial charge in [-0.15, -0.1) is 5.10 Å². The van der Waals surface area contributed by atoms with E-state index < -0.39 is 0 Å². The lowest BCUT2D eigenvalue weighted by Crippen LogP contribution is -2.25. The predicted molar refractivity (Wildman–Crippen MR) is 116 cm³/mol. The topological polar surface area (TPSA) is 63.1 Å². The van der Waals surface area contributed by atoms with Crippen LogP contribution >= 0.6 is 11.8 Å². The number of aryl methyl sites for hydroxylation is 1. The number of rotatable bonds is 8. The smallest absolute Gasteiger partial charge is 0.239 e. The molecule has 28 heavy (non-hydrogen) atoms. The zero-order valence-electron chi connectivity index (χ0n) is 15.8. The Labute approximate surface area is 169 Å². The number of ether oxygens (including phenoxy) is 1. The Balaban J connectivity index is 1.62. The lowest BCUT2D eigenvalue weighted by molar-refractivity contribution is -0.118. The maximum absolute atomic E-state index is 12.2. The SMILES string of the molecule is C=CCOc1ccccc1/C=N/N=C1\NC(=O)C(Cc2ccc(CC)cc2)S1. The van der Waals surface area contributed by atoms with Crippen molar-refractivity contribution in [2.75, 3.05) is 6.61 Å². The standard InChI is InChI=1S/C22H23N3O2S/c1-3-13-27-19-8-6-5-7-18(19)15-23-25-22-24-21(26)20(28-22)14-17-11-9-16(4-2)10-12-17/h3,5-12,15,20H,1,4,13-14H2,2H3,(H,24,25,26)/b23-15+. The summed E-state index contributed by atoms with van der Waals surface area (Å²) in [6.45, 7) is 6.20. The molecule has 0 radical (unpaired) electrons. The van der Waals surface area contributed by atoms with Crippen molar-refractivity contribution in [2.45, 2.75) is 25.0 Å². The maximum atomic E-state index is 12.2. The van der Waals surface area contributed by atoms with E-state index in [9.17, 15) is 4.79 Å². The fraction of sp³-hybridized carbons (Fsp3) is 0.227. The monoisotopic (exact) mass is 393 g/mol. The highest BCUT2D eigenvalue weighted by atomic mass is 32.2. The number of amidine groups is 1. The molecule has 144 valence electrons. The van der Waals surface area contributed by atoms with Gasteiger partial charge in [0, 0.05) is 5.56 Å². The van der Waals surface area contributed by atoms with Crippen molar-refractivity contribution in [3.8, 4) is 5.75 Å². The number of carbonyl (C=O) groups is 1. The van der Waals surface area contributed by atoms with Crippen LogP contribution in [0, 0.1) is 0 Å². The van der Waals surface area contributed by atoms with Crippen LogP contribution in [-0.4, -0.2) is 29.1 Å². The number of hydrogen-bond donors (Lipinski definition) is 1. The summed E-state index contributed by atoms with van der Waals surface area (Å²) in [5, 5.41) is 11.4. The number of para-hydroxylation sites is 1. The second kappa shape index (κ2) is 9.90. The van der Waals surface area contributed by atoms with E-state index in [0.717, 1.165) is 17.5 Å². The summed E-state index contributed by atoms with van der Waals surface area (Å²) < 4.78 is 5.59. The average Bonchev–Trinajstić information content (AvgIpc) is 3.07. The number of amides is 1. The third-order valence-electron chi connectivity index (χ3n) is 4.25. The first-order valence-corrected chi connectivity index (χ1v) is 10.1. The van der Waals surface area contributed by atoms with E-state index >= 15 is 0 Å². The van der Waals surface area contributed by atoms with E-state index in [-0.39, 0.29) is 11.2 Å². The number of carbonyl (C=O) groups excluding carboxylic acids is 1. The van der Waals surface area contributed by atoms with Crippen LogP contribution in [0.1, 0.15) is 23.6 Å². The lowest BCUT2D eigenvalue weighted by Gasteiger charge is -2.06. The van der Waals surface area contributed by atoms with Crippen molar-refractivity contribution >= 4 is 29.1 Å². The molecular weight excluding hydrogens is 370 g/mol. The highest BCUT2D eigenvalue weighted by molar-refractivity contribution is 8.15. The van der Waals surface area contributed by atoms with Crippen molar-refractivity contribution in [1.29, 1.82) is 0 Å². The van der Waals surface area contributed by atoms with E-state index in [4.69, 9.17) is 4.74 Å². The van der Waals surface area contributed by atoms with E-state index in [2.05, 4.69) is 53.3 Å². The van der Waals surface area contributed by atoms with Crippen molar-refractivity contribution in [2.24, 2.45) is 10.2 Å². The molecule has 1 heterocycles. The van der Waals surface area contributed by atoms with Gasteiger partial charge < -0.3 is 10.1 Å². The summed E-state index contributed by atoms with van der Waals surface area (Å²) in [6, 6.07) is 15.9. The van der Waals surface area contributed by atoms with Gasteiger partial charge in [-0.25, -0.2) is 0 Å². The summed E-state index contributed by atoms with van der Waals surface area (Å²) in [7, 11) is 0. The Hall–Kier alpha value is -2.86. The van der Waals surface area contributed by atoms with Gasteiger partial charge in [0.05, 0.1) is 11.5 Å². The molecule has 1 saturated heterocycles. The number of hydrogen-bond acceptors (Lipinski definition) is 5. The molecule has 6 heteroatoms. The average molecular weight is 394 g/mol. The first-order valence-electron chi connectivity index (χ1n) is 9.18. The van der Waals surface area contributed by atoms with Crippen LogP contribution in [-0.2, 0) is 17.6 Å². The molecule has 0 aromatic heterocycles. The molecular formula is C22H23N3O2S. The zero-order chi connectivity index (χ0) is 19.8. The van der Waals surface area contributed by atoms with Gasteiger partial charge in [0.1, 0.15) is 12.4 Å². The number of thioether (sulfide) groups is 1. The van der Waals surface area contributed by atoms with Gasteiger partial charge in [0.25, 0.3) is 0 Å². The summed E-state index contributed by atoms with van der Waals surface area (Å²) in [5.74, 6) is 0.677. The van der Waals surface area contributed by atoms with Crippen molar-refractivity contribution in [3.05, 3.63) is 77.9 Å². The normalized spacial score (nSPS) is 17.8. The van der Waals surface area contributed by atoms with Gasteiger partial charge in [-0.05, 0) is 36.1 Å². The minimum absolute atomic E-state index is 0.0340. The van der Waals surface area contributed by atoms with Crippen LogP contribution < -0.4 is 10.1 Å². The Kier molecular flexibility index (Phi) is 7.03. The molecule has 1 atom stereocenters. The van der Waals surface area contributed by atoms with Crippen LogP contribution in [0.25, 0.3) is 0 Å². The van der Waals surface area contributed by atoms with E-state index in [1.165, 1.54) is 17.3 Å². The minimum atomic E-state index is -0.190. The molecule has 5 nitrogen and oxygen atoms in total. The first-order chi connectivity index (χ1) is 13.7. The van der Waals surface area contributed by atoms with Crippen molar-refractivity contribution in [3.63, 3.8) is 0 Å². The van der Waals surface area contributed by atoms with Gasteiger partial charge in [0.15, 0.2) is 5.17 Å². The molecule has 2 aromatic rings. The van der Waals surface area contributed by atoms with Crippen LogP contribution in [0.15, 0.2) is 71.4 Å². The van der Waals surface area contributed by atoms with Crippen LogP contribution in [0.5, 0.6) is 5.75 Å². The Morgan fingerprint density at radius 3 is 2.68 bits per heavy atom. The molecule has 1 aliphatic rings. The highest BCUT2D eigenvalue weighted by Gasteiger charge is 2.30. The minimum Gasteiger partial charge on any atom is -0.489 e. The number of nitrogens with zero attached hydrogens (tertiary/aromatic N) is 2. The number of benzene rings is 2. The molecule has 1 amide bonds. The van der Waals surface area contributed by atoms with Crippen LogP contribution in [0.3, 0.4) is 0 Å². The van der Waals surface area contributed by atoms with Crippen molar-refractivity contribution in [1.82, 2.24) is 5.32 Å². The molecule has 1 aliphatic heterocycles. The second-order valence-electron chi connectivity index (χ2n) is 6.26. The molecule has 0 bridgehead atoms. The van der Waals surface area contributed by atoms with Crippen LogP contribution in [0.2, 0.25) is 0 Å². The van der Waals surface area contributed by atoms with Crippen LogP contribution in [0.4, 0.5) is 0 Å². The largest absolute Gasteiger partial charge is 0.489 e. The molecule has 0 aliphatic carbocycles. The number of nitrogens with one attached hydrogen (secondary N) is 1. The highest BCUT2D eigenvalue weighted by Crippen LogP contribution is 2.24. The Morgan fingerprint density at radius 1 is 1.18 bits per heavy atom. The Morgan fingerprint density at radius 2 is 1.93 bits per heavy atom. The third-order valence-corrected chi connectivity index (χ3v) is 5.32. The quantitative estimate of drug-likeness (QED) is 0.419. The van der Waals surface area contributed by atoms with E-state index in [1.54, 1.807) is 12.3 Å². The lowest BCUT2D eigenvalue weighted by atomic mass is 10.1. The fourth-order valence-corrected chi connectivity index (χ4v) is 3.69. The summed E-state index contributed by atoms with van der Waals surface area (Å²) in [4.78, 5) is 12.2. The van der Waals surface area contributed by atoms with Crippen molar-refractivity contribution < 1.29 is 9.53 Å². The van der Waals surface area contributed by atoms with E-state index in [1.807, 2.05) is 24.3 Å². The molecule has 0 saturated carbocycles. The second-order valence-corrected chi connectivity index (χ2v) is 7.45. The van der Waals surface area contributed by atoms with E-state index in [0.29, 0.717) is 23.9 Å². The zero-order valence-corrected chi connectivity index (χ0v) is 16.6. The fourth-order valence-electron chi connectivity index (χ4n) is 2.72. The molecule has 2 aromatic carbocycles. The van der Waals surface area contributed by atoms with Gasteiger partial charge >= 0.3 is 0 Å². The summed E-state index contributed by atoms with van der Waals surface area (Å²) in [6.07, 6.45) is 4.99. The van der Waals surface area contributed by atoms with Gasteiger partial charge in [-0.1, -0.05) is 67.7 Å². The third kappa shape index (κ3) is 5.33. The van der Waals surface area contributed by atoms with Gasteiger partial charge in [0.2, 0.25) is 5.91 Å². The molecule has 1 N–H and O–H groups in total. The predicted octanol–water partition coefficient (Wildman–Crippen LogP) is 3.98. The summed E-state index contributed by atoms with van der Waals surface area (Å²) >= 11 is 1.41. The Bertz CT molecular complexity index is 891. The van der Waals surface area contributed by atoms with Gasteiger partial charge in [-0.2, -0.15) is 5.10 Å². The molecule has 3 rings (SSSR count).